The second-order valence-corrected chi connectivity index (χ2v) is 7.31. The van der Waals surface area contributed by atoms with Crippen LogP contribution in [0.25, 0.3) is 0 Å². The van der Waals surface area contributed by atoms with E-state index in [9.17, 15) is 8.42 Å². The van der Waals surface area contributed by atoms with Gasteiger partial charge in [-0.3, -0.25) is 0 Å². The van der Waals surface area contributed by atoms with Gasteiger partial charge in [-0.05, 0) is 37.1 Å². The van der Waals surface area contributed by atoms with Gasteiger partial charge in [0, 0.05) is 19.0 Å². The van der Waals surface area contributed by atoms with Gasteiger partial charge in [0.2, 0.25) is 10.0 Å². The van der Waals surface area contributed by atoms with Crippen LogP contribution in [0.3, 0.4) is 0 Å². The summed E-state index contributed by atoms with van der Waals surface area (Å²) < 4.78 is 33.2. The van der Waals surface area contributed by atoms with Crippen molar-refractivity contribution in [3.63, 3.8) is 0 Å². The number of hydrogen-bond donors (Lipinski definition) is 2. The number of hydrogen-bond acceptors (Lipinski definition) is 4. The topological polar surface area (TPSA) is 81.4 Å². The number of unbranched alkanes of at least 4 members (excludes halogenated alkanes) is 1. The molecule has 0 saturated heterocycles. The Morgan fingerprint density at radius 1 is 1.48 bits per heavy atom. The van der Waals surface area contributed by atoms with E-state index in [-0.39, 0.29) is 17.0 Å². The number of rotatable bonds is 7. The van der Waals surface area contributed by atoms with Crippen molar-refractivity contribution in [1.29, 1.82) is 0 Å². The highest BCUT2D eigenvalue weighted by molar-refractivity contribution is 7.89. The second kappa shape index (κ2) is 6.77. The molecule has 0 radical (unpaired) electrons. The highest BCUT2D eigenvalue weighted by Crippen LogP contribution is 2.30. The van der Waals surface area contributed by atoms with E-state index >= 15 is 0 Å². The lowest BCUT2D eigenvalue weighted by molar-refractivity contribution is 0.254. The van der Waals surface area contributed by atoms with Crippen LogP contribution in [-0.2, 0) is 16.4 Å². The minimum absolute atomic E-state index is 0.104. The number of ether oxygens (including phenoxy) is 1. The number of nitrogens with two attached hydrogens (primary N) is 1. The predicted molar refractivity (Wildman–Crippen MR) is 82.9 cm³/mol. The molecule has 1 aliphatic rings. The predicted octanol–water partition coefficient (Wildman–Crippen LogP) is 1.81. The largest absolute Gasteiger partial charge is 0.490 e. The van der Waals surface area contributed by atoms with Crippen molar-refractivity contribution < 1.29 is 13.2 Å². The van der Waals surface area contributed by atoms with Gasteiger partial charge in [-0.1, -0.05) is 19.8 Å². The Hall–Kier alpha value is -1.11. The zero-order valence-corrected chi connectivity index (χ0v) is 13.4. The molecule has 1 aliphatic heterocycles. The van der Waals surface area contributed by atoms with Crippen molar-refractivity contribution >= 4 is 10.0 Å². The van der Waals surface area contributed by atoms with Crippen molar-refractivity contribution in [2.24, 2.45) is 5.73 Å². The van der Waals surface area contributed by atoms with Gasteiger partial charge in [0.25, 0.3) is 0 Å². The zero-order valence-electron chi connectivity index (χ0n) is 12.6. The summed E-state index contributed by atoms with van der Waals surface area (Å²) in [5.74, 6) is 0.780. The lowest BCUT2D eigenvalue weighted by Crippen LogP contribution is -2.40. The molecule has 1 aromatic rings. The maximum Gasteiger partial charge on any atom is 0.240 e. The Labute approximate surface area is 126 Å². The Kier molecular flexibility index (Phi) is 5.24. The fraction of sp³-hybridized carbons (Fsp3) is 0.600. The highest BCUT2D eigenvalue weighted by Gasteiger charge is 2.24. The summed E-state index contributed by atoms with van der Waals surface area (Å²) in [6.07, 6.45) is 3.59. The smallest absolute Gasteiger partial charge is 0.240 e. The van der Waals surface area contributed by atoms with Crippen LogP contribution in [0.2, 0.25) is 0 Å². The molecule has 0 aliphatic carbocycles. The van der Waals surface area contributed by atoms with Gasteiger partial charge in [0.1, 0.15) is 11.9 Å². The molecule has 21 heavy (non-hydrogen) atoms. The van der Waals surface area contributed by atoms with Crippen LogP contribution in [-0.4, -0.2) is 27.1 Å². The first kappa shape index (κ1) is 16.3. The molecule has 2 atom stereocenters. The fourth-order valence-corrected chi connectivity index (χ4v) is 3.86. The molecule has 3 N–H and O–H groups in total. The maximum atomic E-state index is 12.4. The van der Waals surface area contributed by atoms with Crippen molar-refractivity contribution in [2.45, 2.75) is 56.6 Å². The molecule has 0 spiro atoms. The highest BCUT2D eigenvalue weighted by atomic mass is 32.2. The van der Waals surface area contributed by atoms with E-state index in [4.69, 9.17) is 10.5 Å². The van der Waals surface area contributed by atoms with Gasteiger partial charge < -0.3 is 10.5 Å². The van der Waals surface area contributed by atoms with Gasteiger partial charge in [0.05, 0.1) is 4.90 Å². The maximum absolute atomic E-state index is 12.4. The van der Waals surface area contributed by atoms with E-state index in [1.54, 1.807) is 18.2 Å². The standard InChI is InChI=1S/C15H24N2O3S/c1-3-4-5-13(10-16)17-21(18,19)14-6-7-15-12(9-14)8-11(2)20-15/h6-7,9,11,13,17H,3-5,8,10,16H2,1-2H3. The molecule has 0 bridgehead atoms. The third-order valence-electron chi connectivity index (χ3n) is 3.69. The Morgan fingerprint density at radius 3 is 2.90 bits per heavy atom. The third kappa shape index (κ3) is 3.96. The van der Waals surface area contributed by atoms with E-state index in [0.29, 0.717) is 6.54 Å². The minimum atomic E-state index is -3.53. The Morgan fingerprint density at radius 2 is 2.24 bits per heavy atom. The summed E-state index contributed by atoms with van der Waals surface area (Å²) in [4.78, 5) is 0.286. The van der Waals surface area contributed by atoms with Crippen molar-refractivity contribution in [3.05, 3.63) is 23.8 Å². The lowest BCUT2D eigenvalue weighted by Gasteiger charge is -2.17. The van der Waals surface area contributed by atoms with E-state index in [0.717, 1.165) is 37.0 Å². The van der Waals surface area contributed by atoms with Crippen LogP contribution >= 0.6 is 0 Å². The van der Waals surface area contributed by atoms with Crippen molar-refractivity contribution in [3.8, 4) is 5.75 Å². The van der Waals surface area contributed by atoms with Crippen LogP contribution < -0.4 is 15.2 Å². The van der Waals surface area contributed by atoms with Crippen LogP contribution in [0, 0.1) is 0 Å². The van der Waals surface area contributed by atoms with Gasteiger partial charge in [-0.2, -0.15) is 0 Å². The molecule has 1 heterocycles. The zero-order chi connectivity index (χ0) is 15.5. The third-order valence-corrected chi connectivity index (χ3v) is 5.21. The summed E-state index contributed by atoms with van der Waals surface area (Å²) in [7, 11) is -3.53. The fourth-order valence-electron chi connectivity index (χ4n) is 2.53. The molecule has 6 heteroatoms. The summed E-state index contributed by atoms with van der Waals surface area (Å²) in [6.45, 7) is 4.36. The Bertz CT molecular complexity index is 587. The molecular formula is C15H24N2O3S. The minimum Gasteiger partial charge on any atom is -0.490 e. The van der Waals surface area contributed by atoms with E-state index < -0.39 is 10.0 Å². The summed E-state index contributed by atoms with van der Waals surface area (Å²) in [5, 5.41) is 0. The first-order chi connectivity index (χ1) is 9.96. The molecule has 0 saturated carbocycles. The molecule has 118 valence electrons. The van der Waals surface area contributed by atoms with Crippen molar-refractivity contribution in [2.75, 3.05) is 6.54 Å². The monoisotopic (exact) mass is 312 g/mol. The van der Waals surface area contributed by atoms with Crippen LogP contribution in [0.4, 0.5) is 0 Å². The summed E-state index contributed by atoms with van der Waals surface area (Å²) >= 11 is 0. The average Bonchev–Trinajstić information content (AvgIpc) is 2.82. The first-order valence-corrected chi connectivity index (χ1v) is 8.96. The van der Waals surface area contributed by atoms with Gasteiger partial charge in [0.15, 0.2) is 0 Å². The second-order valence-electron chi connectivity index (χ2n) is 5.60. The van der Waals surface area contributed by atoms with Crippen LogP contribution in [0.1, 0.15) is 38.7 Å². The SMILES string of the molecule is CCCCC(CN)NS(=O)(=O)c1ccc2c(c1)CC(C)O2. The first-order valence-electron chi connectivity index (χ1n) is 7.48. The molecule has 5 nitrogen and oxygen atoms in total. The average molecular weight is 312 g/mol. The van der Waals surface area contributed by atoms with Crippen LogP contribution in [0.15, 0.2) is 23.1 Å². The Balaban J connectivity index is 2.14. The molecule has 2 rings (SSSR count). The van der Waals surface area contributed by atoms with E-state index in [1.165, 1.54) is 0 Å². The van der Waals surface area contributed by atoms with Crippen LogP contribution in [0.5, 0.6) is 5.75 Å². The molecule has 0 fully saturated rings. The number of benzene rings is 1. The normalized spacial score (nSPS) is 19.1. The van der Waals surface area contributed by atoms with Gasteiger partial charge in [-0.25, -0.2) is 13.1 Å². The lowest BCUT2D eigenvalue weighted by atomic mass is 10.1. The van der Waals surface area contributed by atoms with E-state index in [2.05, 4.69) is 11.6 Å². The van der Waals surface area contributed by atoms with E-state index in [1.807, 2.05) is 6.92 Å². The molecule has 2 unspecified atom stereocenters. The molecule has 0 aromatic heterocycles. The molecule has 0 amide bonds. The van der Waals surface area contributed by atoms with Gasteiger partial charge >= 0.3 is 0 Å². The molecule has 1 aromatic carbocycles. The summed E-state index contributed by atoms with van der Waals surface area (Å²) in [6, 6.07) is 4.82. The number of nitrogens with one attached hydrogen (secondary N) is 1. The number of fused-ring (bicyclic) bond motifs is 1. The van der Waals surface area contributed by atoms with Crippen molar-refractivity contribution in [1.82, 2.24) is 4.72 Å². The number of sulfonamides is 1. The van der Waals surface area contributed by atoms with Gasteiger partial charge in [-0.15, -0.1) is 0 Å². The molecular weight excluding hydrogens is 288 g/mol. The quantitative estimate of drug-likeness (QED) is 0.804. The summed E-state index contributed by atoms with van der Waals surface area (Å²) in [5.41, 5.74) is 6.61.